The van der Waals surface area contributed by atoms with E-state index in [-0.39, 0.29) is 0 Å². The minimum atomic E-state index is 0.734. The summed E-state index contributed by atoms with van der Waals surface area (Å²) in [5.74, 6) is 0.868. The standard InChI is InChI=1S/C12H15ClN2O/c1-14-5-6-15(2)12-8-9-7-10(13)3-4-11(9)16-12/h3-4,7-8,14H,5-6H2,1-2H3. The maximum absolute atomic E-state index is 5.93. The molecule has 2 aromatic rings. The number of nitrogens with zero attached hydrogens (tertiary/aromatic N) is 1. The third kappa shape index (κ3) is 2.31. The van der Waals surface area contributed by atoms with Crippen LogP contribution in [0.1, 0.15) is 0 Å². The molecule has 0 amide bonds. The monoisotopic (exact) mass is 238 g/mol. The zero-order valence-electron chi connectivity index (χ0n) is 9.46. The van der Waals surface area contributed by atoms with E-state index in [1.807, 2.05) is 38.4 Å². The van der Waals surface area contributed by atoms with Crippen molar-refractivity contribution in [3.05, 3.63) is 29.3 Å². The highest BCUT2D eigenvalue weighted by Crippen LogP contribution is 2.27. The van der Waals surface area contributed by atoms with Crippen LogP contribution in [0.2, 0.25) is 5.02 Å². The molecule has 0 atom stereocenters. The van der Waals surface area contributed by atoms with E-state index in [0.717, 1.165) is 35.0 Å². The summed E-state index contributed by atoms with van der Waals surface area (Å²) in [6.07, 6.45) is 0. The zero-order valence-corrected chi connectivity index (χ0v) is 10.2. The smallest absolute Gasteiger partial charge is 0.196 e. The van der Waals surface area contributed by atoms with Gasteiger partial charge in [-0.2, -0.15) is 0 Å². The molecule has 0 spiro atoms. The van der Waals surface area contributed by atoms with Crippen molar-refractivity contribution in [3.63, 3.8) is 0 Å². The van der Waals surface area contributed by atoms with Gasteiger partial charge in [0.15, 0.2) is 5.88 Å². The topological polar surface area (TPSA) is 28.4 Å². The highest BCUT2D eigenvalue weighted by Gasteiger charge is 2.07. The van der Waals surface area contributed by atoms with Crippen LogP contribution in [0.4, 0.5) is 5.88 Å². The Kier molecular flexibility index (Phi) is 3.36. The number of nitrogens with one attached hydrogen (secondary N) is 1. The minimum Gasteiger partial charge on any atom is -0.441 e. The number of hydrogen-bond donors (Lipinski definition) is 1. The molecule has 4 heteroatoms. The average molecular weight is 239 g/mol. The van der Waals surface area contributed by atoms with Crippen LogP contribution in [0, 0.1) is 0 Å². The molecular formula is C12H15ClN2O. The van der Waals surface area contributed by atoms with Crippen molar-refractivity contribution in [3.8, 4) is 0 Å². The fourth-order valence-electron chi connectivity index (χ4n) is 1.58. The maximum atomic E-state index is 5.93. The summed E-state index contributed by atoms with van der Waals surface area (Å²) in [6, 6.07) is 7.66. The summed E-state index contributed by atoms with van der Waals surface area (Å²) < 4.78 is 5.72. The first-order valence-electron chi connectivity index (χ1n) is 5.25. The van der Waals surface area contributed by atoms with Gasteiger partial charge < -0.3 is 14.6 Å². The lowest BCUT2D eigenvalue weighted by Crippen LogP contribution is -2.26. The molecule has 16 heavy (non-hydrogen) atoms. The molecule has 0 radical (unpaired) electrons. The van der Waals surface area contributed by atoms with E-state index >= 15 is 0 Å². The first kappa shape index (κ1) is 11.3. The molecule has 1 heterocycles. The lowest BCUT2D eigenvalue weighted by atomic mass is 10.2. The number of benzene rings is 1. The van der Waals surface area contributed by atoms with Gasteiger partial charge in [0.1, 0.15) is 5.58 Å². The van der Waals surface area contributed by atoms with E-state index in [1.54, 1.807) is 0 Å². The molecule has 0 unspecified atom stereocenters. The van der Waals surface area contributed by atoms with Crippen molar-refractivity contribution in [2.24, 2.45) is 0 Å². The zero-order chi connectivity index (χ0) is 11.5. The van der Waals surface area contributed by atoms with Gasteiger partial charge in [-0.25, -0.2) is 0 Å². The molecule has 0 saturated carbocycles. The fourth-order valence-corrected chi connectivity index (χ4v) is 1.76. The highest BCUT2D eigenvalue weighted by molar-refractivity contribution is 6.31. The van der Waals surface area contributed by atoms with Crippen molar-refractivity contribution < 1.29 is 4.42 Å². The molecule has 86 valence electrons. The molecular weight excluding hydrogens is 224 g/mol. The molecule has 1 aromatic carbocycles. The van der Waals surface area contributed by atoms with Crippen LogP contribution in [0.15, 0.2) is 28.7 Å². The van der Waals surface area contributed by atoms with Gasteiger partial charge >= 0.3 is 0 Å². The van der Waals surface area contributed by atoms with Crippen LogP contribution in [0.5, 0.6) is 0 Å². The molecule has 2 rings (SSSR count). The average Bonchev–Trinajstić information content (AvgIpc) is 2.68. The van der Waals surface area contributed by atoms with Crippen molar-refractivity contribution in [1.82, 2.24) is 5.32 Å². The van der Waals surface area contributed by atoms with Gasteiger partial charge in [-0.3, -0.25) is 0 Å². The van der Waals surface area contributed by atoms with Crippen molar-refractivity contribution in [2.45, 2.75) is 0 Å². The van der Waals surface area contributed by atoms with Crippen molar-refractivity contribution in [2.75, 3.05) is 32.1 Å². The molecule has 0 bridgehead atoms. The third-order valence-electron chi connectivity index (χ3n) is 2.54. The van der Waals surface area contributed by atoms with E-state index in [0.29, 0.717) is 0 Å². The van der Waals surface area contributed by atoms with Crippen LogP contribution in [-0.2, 0) is 0 Å². The van der Waals surface area contributed by atoms with Gasteiger partial charge in [0.05, 0.1) is 0 Å². The maximum Gasteiger partial charge on any atom is 0.196 e. The van der Waals surface area contributed by atoms with Gasteiger partial charge in [0.25, 0.3) is 0 Å². The Morgan fingerprint density at radius 1 is 1.38 bits per heavy atom. The van der Waals surface area contributed by atoms with Crippen LogP contribution in [0.25, 0.3) is 11.0 Å². The molecule has 1 N–H and O–H groups in total. The number of halogens is 1. The Bertz CT molecular complexity index is 481. The Hall–Kier alpha value is -1.19. The van der Waals surface area contributed by atoms with Crippen LogP contribution >= 0.6 is 11.6 Å². The molecule has 0 aliphatic carbocycles. The van der Waals surface area contributed by atoms with Crippen molar-refractivity contribution >= 4 is 28.5 Å². The van der Waals surface area contributed by atoms with Gasteiger partial charge in [0.2, 0.25) is 0 Å². The van der Waals surface area contributed by atoms with Gasteiger partial charge in [-0.05, 0) is 25.2 Å². The van der Waals surface area contributed by atoms with E-state index in [9.17, 15) is 0 Å². The van der Waals surface area contributed by atoms with E-state index in [2.05, 4.69) is 10.2 Å². The SMILES string of the molecule is CNCCN(C)c1cc2cc(Cl)ccc2o1. The molecule has 1 aromatic heterocycles. The summed E-state index contributed by atoms with van der Waals surface area (Å²) in [5, 5.41) is 4.88. The molecule has 0 saturated heterocycles. The first-order valence-corrected chi connectivity index (χ1v) is 5.63. The lowest BCUT2D eigenvalue weighted by molar-refractivity contribution is 0.592. The number of likely N-dealkylation sites (N-methyl/N-ethyl adjacent to an activating group) is 2. The van der Waals surface area contributed by atoms with Gasteiger partial charge in [0, 0.05) is 36.6 Å². The van der Waals surface area contributed by atoms with Crippen LogP contribution in [0.3, 0.4) is 0 Å². The van der Waals surface area contributed by atoms with E-state index in [4.69, 9.17) is 16.0 Å². The molecule has 0 fully saturated rings. The number of fused-ring (bicyclic) bond motifs is 1. The Balaban J connectivity index is 2.25. The quantitative estimate of drug-likeness (QED) is 0.888. The second kappa shape index (κ2) is 4.76. The molecule has 3 nitrogen and oxygen atoms in total. The number of anilines is 1. The second-order valence-electron chi connectivity index (χ2n) is 3.79. The summed E-state index contributed by atoms with van der Waals surface area (Å²) >= 11 is 5.93. The third-order valence-corrected chi connectivity index (χ3v) is 2.77. The van der Waals surface area contributed by atoms with Crippen LogP contribution in [-0.4, -0.2) is 27.2 Å². The Morgan fingerprint density at radius 3 is 2.94 bits per heavy atom. The lowest BCUT2D eigenvalue weighted by Gasteiger charge is -2.14. The van der Waals surface area contributed by atoms with Crippen LogP contribution < -0.4 is 10.2 Å². The Morgan fingerprint density at radius 2 is 2.19 bits per heavy atom. The number of rotatable bonds is 4. The van der Waals surface area contributed by atoms with E-state index in [1.165, 1.54) is 0 Å². The largest absolute Gasteiger partial charge is 0.441 e. The number of hydrogen-bond acceptors (Lipinski definition) is 3. The first-order chi connectivity index (χ1) is 7.70. The van der Waals surface area contributed by atoms with Gasteiger partial charge in [-0.15, -0.1) is 0 Å². The summed E-state index contributed by atoms with van der Waals surface area (Å²) in [5.41, 5.74) is 0.871. The minimum absolute atomic E-state index is 0.734. The summed E-state index contributed by atoms with van der Waals surface area (Å²) in [7, 11) is 3.95. The normalized spacial score (nSPS) is 10.9. The summed E-state index contributed by atoms with van der Waals surface area (Å²) in [4.78, 5) is 2.07. The second-order valence-corrected chi connectivity index (χ2v) is 4.23. The summed E-state index contributed by atoms with van der Waals surface area (Å²) in [6.45, 7) is 1.83. The predicted molar refractivity (Wildman–Crippen MR) is 68.4 cm³/mol. The van der Waals surface area contributed by atoms with Gasteiger partial charge in [-0.1, -0.05) is 11.6 Å². The Labute approximate surface area is 100.0 Å². The van der Waals surface area contributed by atoms with E-state index < -0.39 is 0 Å². The van der Waals surface area contributed by atoms with Crippen molar-refractivity contribution in [1.29, 1.82) is 0 Å². The predicted octanol–water partition coefficient (Wildman–Crippen LogP) is 2.74. The molecule has 0 aliphatic heterocycles. The fraction of sp³-hybridized carbons (Fsp3) is 0.333. The number of furan rings is 1. The molecule has 0 aliphatic rings. The highest BCUT2D eigenvalue weighted by atomic mass is 35.5.